The zero-order valence-corrected chi connectivity index (χ0v) is 10.5. The highest BCUT2D eigenvalue weighted by Crippen LogP contribution is 2.23. The molecule has 0 aromatic heterocycles. The summed E-state index contributed by atoms with van der Waals surface area (Å²) in [7, 11) is 0. The Labute approximate surface area is 115 Å². The summed E-state index contributed by atoms with van der Waals surface area (Å²) in [5.41, 5.74) is 1.55. The van der Waals surface area contributed by atoms with Crippen LogP contribution in [0.5, 0.6) is 0 Å². The first-order valence-electron chi connectivity index (χ1n) is 5.98. The first-order chi connectivity index (χ1) is 9.60. The highest BCUT2D eigenvalue weighted by atomic mass is 19.1. The Morgan fingerprint density at radius 3 is 2.25 bits per heavy atom. The molecule has 0 heterocycles. The fourth-order valence-corrected chi connectivity index (χ4v) is 1.92. The normalized spacial score (nSPS) is 11.6. The zero-order valence-electron chi connectivity index (χ0n) is 10.5. The van der Waals surface area contributed by atoms with Crippen LogP contribution in [0.25, 0.3) is 0 Å². The average molecular weight is 270 g/mol. The van der Waals surface area contributed by atoms with Crippen LogP contribution in [0.15, 0.2) is 48.5 Å². The summed E-state index contributed by atoms with van der Waals surface area (Å²) in [5, 5.41) is 19.8. The van der Waals surface area contributed by atoms with Gasteiger partial charge in [-0.15, -0.1) is 0 Å². The number of halogens is 1. The van der Waals surface area contributed by atoms with Crippen molar-refractivity contribution in [3.05, 3.63) is 75.6 Å². The SMILES string of the molecule is N#C[C@@H](Cc1ccc(F)cc1)c1ccc([N+](=O)[O-])cc1. The minimum Gasteiger partial charge on any atom is -0.258 e. The molecule has 0 aliphatic rings. The molecular formula is C15H11FN2O2. The third-order valence-electron chi connectivity index (χ3n) is 3.02. The monoisotopic (exact) mass is 270 g/mol. The molecule has 0 aliphatic heterocycles. The average Bonchev–Trinajstić information content (AvgIpc) is 2.47. The van der Waals surface area contributed by atoms with Crippen molar-refractivity contribution in [1.82, 2.24) is 0 Å². The van der Waals surface area contributed by atoms with Crippen molar-refractivity contribution in [1.29, 1.82) is 5.26 Å². The van der Waals surface area contributed by atoms with Crippen LogP contribution < -0.4 is 0 Å². The van der Waals surface area contributed by atoms with Gasteiger partial charge in [0.2, 0.25) is 0 Å². The second-order valence-electron chi connectivity index (χ2n) is 4.36. The second-order valence-corrected chi connectivity index (χ2v) is 4.36. The lowest BCUT2D eigenvalue weighted by atomic mass is 9.93. The molecule has 100 valence electrons. The van der Waals surface area contributed by atoms with Gasteiger partial charge in [-0.05, 0) is 29.7 Å². The van der Waals surface area contributed by atoms with E-state index in [1.54, 1.807) is 24.3 Å². The summed E-state index contributed by atoms with van der Waals surface area (Å²) >= 11 is 0. The van der Waals surface area contributed by atoms with Crippen molar-refractivity contribution in [2.45, 2.75) is 12.3 Å². The largest absolute Gasteiger partial charge is 0.269 e. The van der Waals surface area contributed by atoms with Crippen LogP contribution in [0.3, 0.4) is 0 Å². The van der Waals surface area contributed by atoms with Crippen LogP contribution in [0.4, 0.5) is 10.1 Å². The Kier molecular flexibility index (Phi) is 4.06. The Morgan fingerprint density at radius 2 is 1.75 bits per heavy atom. The smallest absolute Gasteiger partial charge is 0.258 e. The molecule has 0 unspecified atom stereocenters. The van der Waals surface area contributed by atoms with Crippen LogP contribution in [-0.4, -0.2) is 4.92 Å². The minimum atomic E-state index is -0.481. The number of benzene rings is 2. The van der Waals surface area contributed by atoms with Crippen molar-refractivity contribution in [2.75, 3.05) is 0 Å². The van der Waals surface area contributed by atoms with E-state index in [0.29, 0.717) is 12.0 Å². The summed E-state index contributed by atoms with van der Waals surface area (Å²) in [6.07, 6.45) is 0.439. The number of non-ortho nitro benzene ring substituents is 1. The van der Waals surface area contributed by atoms with Crippen molar-refractivity contribution >= 4 is 5.69 Å². The van der Waals surface area contributed by atoms with Crippen molar-refractivity contribution in [3.63, 3.8) is 0 Å². The van der Waals surface area contributed by atoms with E-state index in [4.69, 9.17) is 0 Å². The lowest BCUT2D eigenvalue weighted by Gasteiger charge is -2.09. The molecule has 0 fully saturated rings. The van der Waals surface area contributed by atoms with Gasteiger partial charge < -0.3 is 0 Å². The number of hydrogen-bond acceptors (Lipinski definition) is 3. The van der Waals surface area contributed by atoms with Gasteiger partial charge in [-0.25, -0.2) is 4.39 Å². The van der Waals surface area contributed by atoms with E-state index in [-0.39, 0.29) is 11.5 Å². The number of rotatable bonds is 4. The fourth-order valence-electron chi connectivity index (χ4n) is 1.92. The predicted octanol–water partition coefficient (Wildman–Crippen LogP) is 3.58. The molecule has 2 rings (SSSR count). The highest BCUT2D eigenvalue weighted by molar-refractivity contribution is 5.37. The molecule has 0 saturated carbocycles. The Balaban J connectivity index is 2.18. The Hall–Kier alpha value is -2.74. The first kappa shape index (κ1) is 13.7. The Bertz CT molecular complexity index is 645. The van der Waals surface area contributed by atoms with E-state index in [1.165, 1.54) is 24.3 Å². The summed E-state index contributed by atoms with van der Waals surface area (Å²) in [5.74, 6) is -0.737. The molecule has 0 amide bonds. The van der Waals surface area contributed by atoms with E-state index in [1.807, 2.05) is 0 Å². The predicted molar refractivity (Wildman–Crippen MR) is 71.6 cm³/mol. The van der Waals surface area contributed by atoms with Gasteiger partial charge in [-0.2, -0.15) is 5.26 Å². The molecule has 4 nitrogen and oxygen atoms in total. The quantitative estimate of drug-likeness (QED) is 0.630. The molecule has 2 aromatic carbocycles. The molecule has 2 aromatic rings. The van der Waals surface area contributed by atoms with Gasteiger partial charge in [-0.1, -0.05) is 24.3 Å². The lowest BCUT2D eigenvalue weighted by molar-refractivity contribution is -0.384. The van der Waals surface area contributed by atoms with E-state index < -0.39 is 10.8 Å². The van der Waals surface area contributed by atoms with Gasteiger partial charge in [0, 0.05) is 12.1 Å². The number of hydrogen-bond donors (Lipinski definition) is 0. The lowest BCUT2D eigenvalue weighted by Crippen LogP contribution is -2.01. The molecule has 20 heavy (non-hydrogen) atoms. The third-order valence-corrected chi connectivity index (χ3v) is 3.02. The van der Waals surface area contributed by atoms with Gasteiger partial charge >= 0.3 is 0 Å². The molecule has 0 N–H and O–H groups in total. The first-order valence-corrected chi connectivity index (χ1v) is 5.98. The number of nitrogens with zero attached hydrogens (tertiary/aromatic N) is 2. The molecule has 0 radical (unpaired) electrons. The number of nitro groups is 1. The summed E-state index contributed by atoms with van der Waals surface area (Å²) in [6, 6.07) is 14.0. The molecule has 5 heteroatoms. The molecule has 0 spiro atoms. The van der Waals surface area contributed by atoms with Crippen LogP contribution in [-0.2, 0) is 6.42 Å². The van der Waals surface area contributed by atoms with E-state index >= 15 is 0 Å². The topological polar surface area (TPSA) is 66.9 Å². The maximum absolute atomic E-state index is 12.8. The summed E-state index contributed by atoms with van der Waals surface area (Å²) in [6.45, 7) is 0. The third kappa shape index (κ3) is 3.18. The summed E-state index contributed by atoms with van der Waals surface area (Å²) in [4.78, 5) is 10.1. The van der Waals surface area contributed by atoms with Crippen molar-refractivity contribution in [3.8, 4) is 6.07 Å². The van der Waals surface area contributed by atoms with E-state index in [9.17, 15) is 19.8 Å². The summed E-state index contributed by atoms with van der Waals surface area (Å²) < 4.78 is 12.8. The zero-order chi connectivity index (χ0) is 14.5. The van der Waals surface area contributed by atoms with Crippen LogP contribution in [0, 0.1) is 27.3 Å². The van der Waals surface area contributed by atoms with Crippen LogP contribution >= 0.6 is 0 Å². The van der Waals surface area contributed by atoms with Crippen molar-refractivity contribution in [2.24, 2.45) is 0 Å². The standard InChI is InChI=1S/C15H11FN2O2/c16-14-5-1-11(2-6-14)9-13(10-17)12-3-7-15(8-4-12)18(19)20/h1-8,13H,9H2/t13-/m1/s1. The fraction of sp³-hybridized carbons (Fsp3) is 0.133. The molecular weight excluding hydrogens is 259 g/mol. The Morgan fingerprint density at radius 1 is 1.15 bits per heavy atom. The molecule has 0 saturated heterocycles. The molecule has 1 atom stereocenters. The number of nitro benzene ring substituents is 1. The van der Waals surface area contributed by atoms with Gasteiger partial charge in [0.1, 0.15) is 5.82 Å². The second kappa shape index (κ2) is 5.93. The van der Waals surface area contributed by atoms with E-state index in [0.717, 1.165) is 5.56 Å². The van der Waals surface area contributed by atoms with Gasteiger partial charge in [0.25, 0.3) is 5.69 Å². The maximum atomic E-state index is 12.8. The number of nitriles is 1. The van der Waals surface area contributed by atoms with E-state index in [2.05, 4.69) is 6.07 Å². The highest BCUT2D eigenvalue weighted by Gasteiger charge is 2.13. The van der Waals surface area contributed by atoms with Crippen LogP contribution in [0.2, 0.25) is 0 Å². The minimum absolute atomic E-state index is 0.00720. The molecule has 0 aliphatic carbocycles. The molecule has 0 bridgehead atoms. The van der Waals surface area contributed by atoms with Crippen LogP contribution in [0.1, 0.15) is 17.0 Å². The maximum Gasteiger partial charge on any atom is 0.269 e. The van der Waals surface area contributed by atoms with Gasteiger partial charge in [-0.3, -0.25) is 10.1 Å². The van der Waals surface area contributed by atoms with Gasteiger partial charge in [0.15, 0.2) is 0 Å². The van der Waals surface area contributed by atoms with Crippen molar-refractivity contribution < 1.29 is 9.31 Å². The van der Waals surface area contributed by atoms with Gasteiger partial charge in [0.05, 0.1) is 16.9 Å².